The Morgan fingerprint density at radius 2 is 0.737 bits per heavy atom. The number of aliphatic hydroxyl groups is 3. The Labute approximate surface area is 837 Å². The largest absolute Gasteiger partial charge is 0.514 e. The number of rotatable bonds is 25. The van der Waals surface area contributed by atoms with Crippen molar-refractivity contribution in [2.75, 3.05) is 121 Å². The maximum absolute atomic E-state index is 13.1. The number of nitrogens with zero attached hydrogens (tertiary/aromatic N) is 12. The van der Waals surface area contributed by atoms with Crippen molar-refractivity contribution in [1.82, 2.24) is 49.4 Å². The second kappa shape index (κ2) is 64.1. The van der Waals surface area contributed by atoms with E-state index in [-0.39, 0.29) is 146 Å². The minimum Gasteiger partial charge on any atom is -0.448 e. The normalized spacial score (nSPS) is 12.6. The van der Waals surface area contributed by atoms with Crippen LogP contribution in [0.3, 0.4) is 0 Å². The maximum Gasteiger partial charge on any atom is 0.514 e. The zero-order chi connectivity index (χ0) is 97.2. The number of benzene rings is 8. The lowest BCUT2D eigenvalue weighted by Gasteiger charge is -2.33. The molecule has 0 saturated carbocycles. The lowest BCUT2D eigenvalue weighted by atomic mass is 10.0. The number of aromatic nitrogens is 4. The third kappa shape index (κ3) is 41.8. The van der Waals surface area contributed by atoms with Crippen LogP contribution in [0.25, 0.3) is 0 Å². The first-order valence-corrected chi connectivity index (χ1v) is 41.1. The number of nitrogen functional groups attached to an aromatic ring is 2. The lowest BCUT2D eigenvalue weighted by Crippen LogP contribution is -2.42. The van der Waals surface area contributed by atoms with E-state index in [0.717, 1.165) is 55.5 Å². The van der Waals surface area contributed by atoms with Gasteiger partial charge in [0.05, 0.1) is 69.2 Å². The smallest absolute Gasteiger partial charge is 0.448 e. The van der Waals surface area contributed by atoms with Gasteiger partial charge in [0, 0.05) is 106 Å². The summed E-state index contributed by atoms with van der Waals surface area (Å²) in [5.41, 5.74) is 22.4. The van der Waals surface area contributed by atoms with Crippen LogP contribution >= 0.6 is 79.1 Å². The van der Waals surface area contributed by atoms with Crippen molar-refractivity contribution in [1.29, 1.82) is 0 Å². The van der Waals surface area contributed by atoms with Gasteiger partial charge in [0.1, 0.15) is 47.2 Å². The van der Waals surface area contributed by atoms with Crippen molar-refractivity contribution >= 4 is 144 Å². The topological polar surface area (TPSA) is 508 Å². The number of anilines is 2. The fourth-order valence-corrected chi connectivity index (χ4v) is 12.4. The lowest BCUT2D eigenvalue weighted by molar-refractivity contribution is -0.385. The molecule has 0 fully saturated rings. The summed E-state index contributed by atoms with van der Waals surface area (Å²) in [7, 11) is 16.3. The number of fused-ring (bicyclic) bond motifs is 2. The standard InChI is InChI=1S/C21H29N5O4.2C17H18N2O5.C10H16N4O2.C10H15NO.C8H11NO.C7H4ClNO4.CH4O.CH4.5H2S/c1-6-29-20(28)26-18(22)15-12-25(21(2,3)17(15)23-26)19(27)30-16(13-24(4)5)14-10-8-7-9-11-14;2*1-18(2)12-16(13-6-4-3-5-7-13)24-17(20)23-15-10-8-14(9-11-15)19(21)22;1-4-16-9(15)14-8(11)6-5-12-10(2,3)7(6)13-14;1-11(2)8-10(12)9-6-4-3-5-7-9;9-6-8(10)7-4-2-1-3-5-7;8-7(10)13-6-3-1-5(2-4-6)9(11)12;1-2;;;;;;/h7-11,16H,6,12-13,22H2,1-5H3;2*3-11,16H,12H2,1-2H3;12H,4-5,11H2,1-3H3;3-7,10,12H,8H2,1-2H3;1-5,8,10H,6,9H2;1-4H;2H,1H3;1H4;5*1H2/t3*16-;;10-;8-;;;;;;;;/m111.11......../s1. The summed E-state index contributed by atoms with van der Waals surface area (Å²) in [4.78, 5) is 110. The van der Waals surface area contributed by atoms with E-state index in [1.54, 1.807) is 18.7 Å². The monoisotopic (exact) mass is 2020 g/mol. The molecule has 2 aliphatic rings. The van der Waals surface area contributed by atoms with Crippen LogP contribution < -0.4 is 36.7 Å². The van der Waals surface area contributed by atoms with E-state index >= 15 is 0 Å². The van der Waals surface area contributed by atoms with Gasteiger partial charge in [-0.25, -0.2) is 28.8 Å². The number of nitro benzene ring substituents is 3. The molecule has 0 bridgehead atoms. The van der Waals surface area contributed by atoms with Crippen LogP contribution in [0.1, 0.15) is 130 Å². The van der Waals surface area contributed by atoms with Crippen LogP contribution in [0.2, 0.25) is 0 Å². The molecule has 8 aromatic carbocycles. The van der Waals surface area contributed by atoms with Crippen LogP contribution in [0.15, 0.2) is 224 Å². The Hall–Kier alpha value is -12.1. The quantitative estimate of drug-likeness (QED) is 0.00698. The predicted molar refractivity (Wildman–Crippen MR) is 549 cm³/mol. The van der Waals surface area contributed by atoms with Crippen LogP contribution in [0.4, 0.5) is 57.5 Å². The number of halogens is 1. The number of nitrogens with two attached hydrogens (primary N) is 3. The van der Waals surface area contributed by atoms with Crippen LogP contribution in [-0.2, 0) is 47.9 Å². The number of nitro groups is 3. The van der Waals surface area contributed by atoms with Crippen LogP contribution in [0.5, 0.6) is 17.2 Å². The first kappa shape index (κ1) is 127. The Balaban J connectivity index is 0. The molecular weight excluding hydrogens is 1890 g/mol. The Morgan fingerprint density at radius 3 is 1.02 bits per heavy atom. The van der Waals surface area contributed by atoms with Crippen molar-refractivity contribution in [3.05, 3.63) is 305 Å². The first-order valence-electron chi connectivity index (χ1n) is 40.7. The summed E-state index contributed by atoms with van der Waals surface area (Å²) in [5, 5.41) is 69.1. The fraction of sp³-hybridized carbons (Fsp3) is 0.348. The zero-order valence-corrected chi connectivity index (χ0v) is 83.9. The van der Waals surface area contributed by atoms with Gasteiger partial charge in [-0.05, 0) is 162 Å². The Morgan fingerprint density at radius 1 is 0.445 bits per heavy atom. The van der Waals surface area contributed by atoms with Crippen molar-refractivity contribution in [2.24, 2.45) is 5.73 Å². The number of ether oxygens (including phenoxy) is 8. The fourth-order valence-electron chi connectivity index (χ4n) is 12.3. The third-order valence-corrected chi connectivity index (χ3v) is 18.8. The molecule has 752 valence electrons. The maximum atomic E-state index is 13.1. The summed E-state index contributed by atoms with van der Waals surface area (Å²) >= 11 is 4.92. The van der Waals surface area contributed by atoms with Gasteiger partial charge in [-0.15, -0.1) is 9.36 Å². The van der Waals surface area contributed by atoms with Gasteiger partial charge in [-0.1, -0.05) is 159 Å². The van der Waals surface area contributed by atoms with Crippen LogP contribution in [0, 0.1) is 30.3 Å². The molecular formula is C92H129ClN16O23S5. The predicted octanol–water partition coefficient (Wildman–Crippen LogP) is 15.7. The molecule has 10 aromatic rings. The van der Waals surface area contributed by atoms with Crippen molar-refractivity contribution in [2.45, 2.75) is 104 Å². The molecule has 1 amide bonds. The molecule has 4 heterocycles. The SMILES string of the molecule is C.CCOC(=O)n1nc2c(c1N)CN(C(=O)O[C@H](CN(C)C)c1ccccc1)C2(C)C.CCOC(=O)n1nc2c(c1N)CNC2(C)C.CN(C)C[C@@H](O)c1ccccc1.CN(C)C[C@@H](OC(=O)Oc1ccc([N+](=O)[O-])cc1)c1ccccc1.CN(C)C[C@@H](OC(=O)Oc1ccc([N+](=O)[O-])cc1)c1ccccc1.CO.NC[C@@H](O)c1ccccc1.O=C(Cl)Oc1ccc([N+](=O)[O-])cc1.S.S.S.S.S. The van der Waals surface area contributed by atoms with Gasteiger partial charge in [0.15, 0.2) is 0 Å². The van der Waals surface area contributed by atoms with Gasteiger partial charge >= 0.3 is 36.0 Å². The molecule has 2 aliphatic heterocycles. The highest BCUT2D eigenvalue weighted by Gasteiger charge is 2.47. The second-order valence-electron chi connectivity index (χ2n) is 30.5. The van der Waals surface area contributed by atoms with Gasteiger partial charge in [-0.3, -0.25) is 35.2 Å². The number of carbonyl (C=O) groups excluding carboxylic acids is 6. The summed E-state index contributed by atoms with van der Waals surface area (Å²) in [5.74, 6) is 1.08. The summed E-state index contributed by atoms with van der Waals surface area (Å²) in [6.45, 7) is 15.0. The Kier molecular flexibility index (Phi) is 59.3. The number of non-ortho nitro benzene ring substituents is 3. The summed E-state index contributed by atoms with van der Waals surface area (Å²) < 4.78 is 43.4. The molecule has 2 aromatic heterocycles. The van der Waals surface area contributed by atoms with Crippen molar-refractivity contribution in [3.8, 4) is 17.2 Å². The summed E-state index contributed by atoms with van der Waals surface area (Å²) in [6.07, 6.45) is -5.61. The van der Waals surface area contributed by atoms with Crippen LogP contribution in [-0.4, -0.2) is 220 Å². The third-order valence-electron chi connectivity index (χ3n) is 18.7. The Bertz CT molecular complexity index is 5130. The molecule has 137 heavy (non-hydrogen) atoms. The van der Waals surface area contributed by atoms with E-state index in [1.165, 1.54) is 72.8 Å². The zero-order valence-electron chi connectivity index (χ0n) is 78.1. The van der Waals surface area contributed by atoms with E-state index in [0.29, 0.717) is 56.4 Å². The van der Waals surface area contributed by atoms with E-state index in [9.17, 15) is 69.3 Å². The molecule has 5 atom stereocenters. The summed E-state index contributed by atoms with van der Waals surface area (Å²) in [6, 6.07) is 62.9. The number of likely N-dealkylation sites (N-methyl/N-ethyl adjacent to an activating group) is 4. The number of carbonyl (C=O) groups is 6. The second-order valence-corrected chi connectivity index (χ2v) is 30.8. The van der Waals surface area contributed by atoms with Gasteiger partial charge in [0.25, 0.3) is 17.1 Å². The highest BCUT2D eigenvalue weighted by atomic mass is 35.5. The van der Waals surface area contributed by atoms with Crippen molar-refractivity contribution < 1.29 is 96.8 Å². The number of aliphatic hydroxyl groups excluding tert-OH is 3. The van der Waals surface area contributed by atoms with E-state index < -0.39 is 80.7 Å². The minimum atomic E-state index is -0.978. The molecule has 0 unspecified atom stereocenters. The van der Waals surface area contributed by atoms with E-state index in [2.05, 4.69) is 20.3 Å². The average Bonchev–Trinajstić information content (AvgIpc) is 1.58. The molecule has 10 N–H and O–H groups in total. The van der Waals surface area contributed by atoms with E-state index in [1.807, 2.05) is 255 Å². The van der Waals surface area contributed by atoms with Gasteiger partial charge in [0.2, 0.25) is 0 Å². The van der Waals surface area contributed by atoms with Gasteiger partial charge < -0.3 is 95.3 Å². The minimum absolute atomic E-state index is 0. The average molecular weight is 2020 g/mol. The molecule has 0 spiro atoms. The number of hydrogen-bond donors (Lipinski definition) is 7. The molecule has 0 saturated heterocycles. The number of nitrogens with one attached hydrogen (secondary N) is 1. The molecule has 39 nitrogen and oxygen atoms in total. The highest BCUT2D eigenvalue weighted by Crippen LogP contribution is 2.42. The molecule has 12 rings (SSSR count). The van der Waals surface area contributed by atoms with Crippen molar-refractivity contribution in [3.63, 3.8) is 0 Å². The number of hydrogen-bond acceptors (Lipinski definition) is 33. The molecule has 0 radical (unpaired) electrons. The first-order chi connectivity index (χ1) is 62.2. The highest BCUT2D eigenvalue weighted by molar-refractivity contribution is 7.60. The molecule has 45 heteroatoms. The molecule has 0 aliphatic carbocycles. The number of amides is 1. The van der Waals surface area contributed by atoms with E-state index in [4.69, 9.17) is 67.1 Å². The van der Waals surface area contributed by atoms with Gasteiger partial charge in [-0.2, -0.15) is 77.7 Å².